The summed E-state index contributed by atoms with van der Waals surface area (Å²) in [6.45, 7) is 4.23. The van der Waals surface area contributed by atoms with Crippen LogP contribution in [0.1, 0.15) is 20.3 Å². The van der Waals surface area contributed by atoms with Gasteiger partial charge in [-0.05, 0) is 43.5 Å². The maximum absolute atomic E-state index is 11.5. The summed E-state index contributed by atoms with van der Waals surface area (Å²) in [7, 11) is 0. The molecule has 0 radical (unpaired) electrons. The Morgan fingerprint density at radius 2 is 2.00 bits per heavy atom. The van der Waals surface area contributed by atoms with E-state index in [4.69, 9.17) is 16.3 Å². The number of aliphatic hydroxyl groups is 1. The zero-order valence-corrected chi connectivity index (χ0v) is 12.0. The first kappa shape index (κ1) is 15.8. The second kappa shape index (κ2) is 8.02. The van der Waals surface area contributed by atoms with E-state index >= 15 is 0 Å². The lowest BCUT2D eigenvalue weighted by Gasteiger charge is -2.14. The number of benzene rings is 1. The number of nitrogens with one attached hydrogen (secondary N) is 1. The van der Waals surface area contributed by atoms with Crippen molar-refractivity contribution in [1.29, 1.82) is 0 Å². The largest absolute Gasteiger partial charge is 0.484 e. The average molecular weight is 286 g/mol. The van der Waals surface area contributed by atoms with Gasteiger partial charge in [0.05, 0.1) is 6.10 Å². The molecule has 106 valence electrons. The minimum Gasteiger partial charge on any atom is -0.484 e. The molecule has 0 heterocycles. The number of hydrogen-bond donors (Lipinski definition) is 2. The van der Waals surface area contributed by atoms with Crippen LogP contribution in [-0.4, -0.2) is 30.3 Å². The van der Waals surface area contributed by atoms with E-state index in [1.54, 1.807) is 31.2 Å². The molecule has 0 spiro atoms. The van der Waals surface area contributed by atoms with Crippen LogP contribution in [-0.2, 0) is 4.79 Å². The van der Waals surface area contributed by atoms with E-state index in [9.17, 15) is 9.90 Å². The molecular formula is C14H20ClNO3. The number of carbonyl (C=O) groups excluding carboxylic acids is 1. The Hall–Kier alpha value is -1.26. The topological polar surface area (TPSA) is 58.6 Å². The molecule has 0 saturated heterocycles. The van der Waals surface area contributed by atoms with Crippen molar-refractivity contribution in [2.45, 2.75) is 26.4 Å². The van der Waals surface area contributed by atoms with E-state index in [0.717, 1.165) is 0 Å². The normalized spacial score (nSPS) is 13.7. The van der Waals surface area contributed by atoms with Crippen LogP contribution in [0.3, 0.4) is 0 Å². The Bertz CT molecular complexity index is 392. The maximum Gasteiger partial charge on any atom is 0.257 e. The molecule has 4 nitrogen and oxygen atoms in total. The van der Waals surface area contributed by atoms with Gasteiger partial charge >= 0.3 is 0 Å². The molecule has 2 N–H and O–H groups in total. The smallest absolute Gasteiger partial charge is 0.257 e. The second-order valence-corrected chi connectivity index (χ2v) is 5.17. The summed E-state index contributed by atoms with van der Waals surface area (Å²) < 4.78 is 5.32. The number of carbonyl (C=O) groups is 1. The van der Waals surface area contributed by atoms with Crippen LogP contribution in [0, 0.1) is 5.92 Å². The molecule has 1 aromatic carbocycles. The summed E-state index contributed by atoms with van der Waals surface area (Å²) in [5.41, 5.74) is 0. The van der Waals surface area contributed by atoms with Gasteiger partial charge < -0.3 is 15.2 Å². The molecule has 0 fully saturated rings. The van der Waals surface area contributed by atoms with Crippen molar-refractivity contribution in [3.8, 4) is 5.75 Å². The lowest BCUT2D eigenvalue weighted by molar-refractivity contribution is -0.123. The van der Waals surface area contributed by atoms with Gasteiger partial charge in [-0.15, -0.1) is 0 Å². The zero-order chi connectivity index (χ0) is 14.3. The summed E-state index contributed by atoms with van der Waals surface area (Å²) in [6.07, 6.45) is 0.315. The van der Waals surface area contributed by atoms with Crippen LogP contribution >= 0.6 is 11.6 Å². The van der Waals surface area contributed by atoms with Crippen molar-refractivity contribution in [2.24, 2.45) is 5.92 Å². The van der Waals surface area contributed by atoms with Gasteiger partial charge in [-0.25, -0.2) is 0 Å². The Kier molecular flexibility index (Phi) is 6.67. The number of halogens is 1. The summed E-state index contributed by atoms with van der Waals surface area (Å²) in [5.74, 6) is 0.670. The Labute approximate surface area is 118 Å². The van der Waals surface area contributed by atoms with Gasteiger partial charge in [0, 0.05) is 11.6 Å². The summed E-state index contributed by atoms with van der Waals surface area (Å²) >= 11 is 5.75. The van der Waals surface area contributed by atoms with E-state index < -0.39 is 0 Å². The van der Waals surface area contributed by atoms with Gasteiger partial charge in [0.15, 0.2) is 6.61 Å². The number of amides is 1. The van der Waals surface area contributed by atoms with Gasteiger partial charge in [0.1, 0.15) is 5.75 Å². The van der Waals surface area contributed by atoms with E-state index in [-0.39, 0.29) is 24.5 Å². The molecule has 1 aromatic rings. The van der Waals surface area contributed by atoms with E-state index in [1.165, 1.54) is 0 Å². The Morgan fingerprint density at radius 3 is 2.58 bits per heavy atom. The number of ether oxygens (including phenoxy) is 1. The molecule has 2 unspecified atom stereocenters. The SMILES string of the molecule is CC(O)CC(C)CNC(=O)COc1ccc(Cl)cc1. The van der Waals surface area contributed by atoms with Crippen LogP contribution in [0.15, 0.2) is 24.3 Å². The van der Waals surface area contributed by atoms with Crippen molar-refractivity contribution < 1.29 is 14.6 Å². The molecule has 0 bridgehead atoms. The van der Waals surface area contributed by atoms with Gasteiger partial charge in [0.25, 0.3) is 5.91 Å². The van der Waals surface area contributed by atoms with Crippen molar-refractivity contribution in [1.82, 2.24) is 5.32 Å². The lowest BCUT2D eigenvalue weighted by Crippen LogP contribution is -2.33. The van der Waals surface area contributed by atoms with Crippen molar-refractivity contribution in [3.63, 3.8) is 0 Å². The fourth-order valence-electron chi connectivity index (χ4n) is 1.68. The van der Waals surface area contributed by atoms with Crippen LogP contribution in [0.5, 0.6) is 5.75 Å². The van der Waals surface area contributed by atoms with Crippen LogP contribution < -0.4 is 10.1 Å². The number of rotatable bonds is 7. The number of hydrogen-bond acceptors (Lipinski definition) is 3. The quantitative estimate of drug-likeness (QED) is 0.808. The van der Waals surface area contributed by atoms with Crippen LogP contribution in [0.2, 0.25) is 5.02 Å². The third-order valence-electron chi connectivity index (χ3n) is 2.57. The summed E-state index contributed by atoms with van der Waals surface area (Å²) in [5, 5.41) is 12.6. The number of aliphatic hydroxyl groups excluding tert-OH is 1. The van der Waals surface area contributed by atoms with Crippen molar-refractivity contribution >= 4 is 17.5 Å². The summed E-state index contributed by atoms with van der Waals surface area (Å²) in [6, 6.07) is 6.84. The van der Waals surface area contributed by atoms with Crippen LogP contribution in [0.25, 0.3) is 0 Å². The molecule has 2 atom stereocenters. The third-order valence-corrected chi connectivity index (χ3v) is 2.83. The fourth-order valence-corrected chi connectivity index (χ4v) is 1.81. The predicted octanol–water partition coefficient (Wildman–Crippen LogP) is 2.24. The first-order valence-electron chi connectivity index (χ1n) is 6.30. The summed E-state index contributed by atoms with van der Waals surface area (Å²) in [4.78, 5) is 11.5. The molecule has 0 saturated carbocycles. The molecule has 0 aliphatic carbocycles. The maximum atomic E-state index is 11.5. The third kappa shape index (κ3) is 7.03. The Morgan fingerprint density at radius 1 is 1.37 bits per heavy atom. The molecule has 0 aliphatic rings. The highest BCUT2D eigenvalue weighted by Crippen LogP contribution is 2.15. The van der Waals surface area contributed by atoms with Crippen molar-refractivity contribution in [3.05, 3.63) is 29.3 Å². The molecule has 0 aromatic heterocycles. The monoisotopic (exact) mass is 285 g/mol. The van der Waals surface area contributed by atoms with Gasteiger partial charge in [-0.3, -0.25) is 4.79 Å². The minimum atomic E-state index is -0.350. The molecule has 0 aliphatic heterocycles. The standard InChI is InChI=1S/C14H20ClNO3/c1-10(7-11(2)17)8-16-14(18)9-19-13-5-3-12(15)4-6-13/h3-6,10-11,17H,7-9H2,1-2H3,(H,16,18). The van der Waals surface area contributed by atoms with E-state index in [2.05, 4.69) is 5.32 Å². The van der Waals surface area contributed by atoms with Gasteiger partial charge in [0.2, 0.25) is 0 Å². The highest BCUT2D eigenvalue weighted by Gasteiger charge is 2.08. The second-order valence-electron chi connectivity index (χ2n) is 4.74. The predicted molar refractivity (Wildman–Crippen MR) is 75.4 cm³/mol. The van der Waals surface area contributed by atoms with Gasteiger partial charge in [-0.1, -0.05) is 18.5 Å². The first-order chi connectivity index (χ1) is 8.97. The highest BCUT2D eigenvalue weighted by atomic mass is 35.5. The van der Waals surface area contributed by atoms with Crippen molar-refractivity contribution in [2.75, 3.05) is 13.2 Å². The van der Waals surface area contributed by atoms with E-state index in [0.29, 0.717) is 23.7 Å². The Balaban J connectivity index is 2.22. The first-order valence-corrected chi connectivity index (χ1v) is 6.68. The molecular weight excluding hydrogens is 266 g/mol. The van der Waals surface area contributed by atoms with Gasteiger partial charge in [-0.2, -0.15) is 0 Å². The zero-order valence-electron chi connectivity index (χ0n) is 11.2. The molecule has 1 rings (SSSR count). The highest BCUT2D eigenvalue weighted by molar-refractivity contribution is 6.30. The fraction of sp³-hybridized carbons (Fsp3) is 0.500. The lowest BCUT2D eigenvalue weighted by atomic mass is 10.1. The van der Waals surface area contributed by atoms with E-state index in [1.807, 2.05) is 6.92 Å². The molecule has 1 amide bonds. The average Bonchev–Trinajstić information content (AvgIpc) is 2.35. The van der Waals surface area contributed by atoms with Crippen LogP contribution in [0.4, 0.5) is 0 Å². The molecule has 5 heteroatoms. The molecule has 19 heavy (non-hydrogen) atoms. The minimum absolute atomic E-state index is 0.0248.